The first-order chi connectivity index (χ1) is 11.8. The highest BCUT2D eigenvalue weighted by Gasteiger charge is 2.06. The number of rotatable bonds is 8. The summed E-state index contributed by atoms with van der Waals surface area (Å²) in [5, 5.41) is 8.71. The van der Waals surface area contributed by atoms with Gasteiger partial charge >= 0.3 is 0 Å². The molecule has 1 aromatic carbocycles. The van der Waals surface area contributed by atoms with E-state index in [0.717, 1.165) is 42.5 Å². The minimum atomic E-state index is 0.690. The van der Waals surface area contributed by atoms with E-state index in [1.807, 2.05) is 24.3 Å². The van der Waals surface area contributed by atoms with Crippen molar-refractivity contribution in [3.05, 3.63) is 46.2 Å². The van der Waals surface area contributed by atoms with Crippen LogP contribution in [-0.2, 0) is 13.0 Å². The molecule has 0 fully saturated rings. The van der Waals surface area contributed by atoms with E-state index in [9.17, 15) is 0 Å². The number of guanidine groups is 1. The van der Waals surface area contributed by atoms with Crippen LogP contribution >= 0.6 is 11.3 Å². The van der Waals surface area contributed by atoms with Crippen LogP contribution in [0.3, 0.4) is 0 Å². The molecule has 0 saturated carbocycles. The number of aliphatic imine (C=N–C) groups is 1. The van der Waals surface area contributed by atoms with Crippen molar-refractivity contribution in [1.82, 2.24) is 10.6 Å². The number of nitrogens with one attached hydrogen (secondary N) is 2. The van der Waals surface area contributed by atoms with E-state index < -0.39 is 0 Å². The number of hydrogen-bond donors (Lipinski definition) is 2. The van der Waals surface area contributed by atoms with Gasteiger partial charge in [-0.15, -0.1) is 11.3 Å². The number of thiophene rings is 1. The van der Waals surface area contributed by atoms with E-state index in [1.54, 1.807) is 25.6 Å². The zero-order valence-electron chi connectivity index (χ0n) is 14.5. The molecule has 130 valence electrons. The monoisotopic (exact) mass is 347 g/mol. The van der Waals surface area contributed by atoms with Crippen LogP contribution in [0.15, 0.2) is 40.7 Å². The van der Waals surface area contributed by atoms with E-state index in [-0.39, 0.29) is 0 Å². The molecular weight excluding hydrogens is 322 g/mol. The fourth-order valence-corrected chi connectivity index (χ4v) is 2.92. The van der Waals surface area contributed by atoms with Gasteiger partial charge in [-0.2, -0.15) is 0 Å². The standard InChI is InChI=1S/C18H25N3O2S/c1-4-19-18(21-13-16-6-5-11-24-16)20-10-9-14-12-15(22-2)7-8-17(14)23-3/h5-8,11-12H,4,9-10,13H2,1-3H3,(H2,19,20,21). The smallest absolute Gasteiger partial charge is 0.191 e. The van der Waals surface area contributed by atoms with Gasteiger partial charge in [-0.25, -0.2) is 4.99 Å². The van der Waals surface area contributed by atoms with Crippen molar-refractivity contribution in [2.75, 3.05) is 27.3 Å². The summed E-state index contributed by atoms with van der Waals surface area (Å²) < 4.78 is 10.7. The van der Waals surface area contributed by atoms with E-state index in [4.69, 9.17) is 9.47 Å². The molecule has 0 unspecified atom stereocenters. The number of methoxy groups -OCH3 is 2. The Morgan fingerprint density at radius 3 is 2.71 bits per heavy atom. The second kappa shape index (κ2) is 9.82. The second-order valence-electron chi connectivity index (χ2n) is 5.13. The summed E-state index contributed by atoms with van der Waals surface area (Å²) in [6, 6.07) is 9.99. The van der Waals surface area contributed by atoms with Crippen LogP contribution < -0.4 is 20.1 Å². The van der Waals surface area contributed by atoms with Crippen molar-refractivity contribution < 1.29 is 9.47 Å². The van der Waals surface area contributed by atoms with Gasteiger partial charge < -0.3 is 20.1 Å². The third-order valence-electron chi connectivity index (χ3n) is 3.49. The minimum Gasteiger partial charge on any atom is -0.497 e. The molecule has 0 atom stereocenters. The summed E-state index contributed by atoms with van der Waals surface area (Å²) in [4.78, 5) is 5.86. The molecule has 2 aromatic rings. The fourth-order valence-electron chi connectivity index (χ4n) is 2.29. The molecule has 1 heterocycles. The molecule has 2 N–H and O–H groups in total. The first-order valence-electron chi connectivity index (χ1n) is 8.02. The van der Waals surface area contributed by atoms with E-state index >= 15 is 0 Å². The van der Waals surface area contributed by atoms with Gasteiger partial charge in [-0.3, -0.25) is 0 Å². The SMILES string of the molecule is CCNC(=NCc1cccs1)NCCc1cc(OC)ccc1OC. The summed E-state index contributed by atoms with van der Waals surface area (Å²) >= 11 is 1.72. The molecule has 6 heteroatoms. The molecule has 1 aromatic heterocycles. The van der Waals surface area contributed by atoms with Gasteiger partial charge in [-0.1, -0.05) is 6.07 Å². The Hall–Kier alpha value is -2.21. The highest BCUT2D eigenvalue weighted by Crippen LogP contribution is 2.24. The van der Waals surface area contributed by atoms with Crippen LogP contribution in [0.4, 0.5) is 0 Å². The summed E-state index contributed by atoms with van der Waals surface area (Å²) in [5.41, 5.74) is 1.11. The maximum absolute atomic E-state index is 5.42. The number of hydrogen-bond acceptors (Lipinski definition) is 4. The quantitative estimate of drug-likeness (QED) is 0.569. The lowest BCUT2D eigenvalue weighted by Crippen LogP contribution is -2.38. The Balaban J connectivity index is 1.93. The number of ether oxygens (including phenoxy) is 2. The zero-order chi connectivity index (χ0) is 17.2. The Morgan fingerprint density at radius 1 is 1.17 bits per heavy atom. The van der Waals surface area contributed by atoms with Gasteiger partial charge in [-0.05, 0) is 48.6 Å². The average Bonchev–Trinajstić information content (AvgIpc) is 3.13. The van der Waals surface area contributed by atoms with Gasteiger partial charge in [0.15, 0.2) is 5.96 Å². The van der Waals surface area contributed by atoms with Crippen LogP contribution in [0.1, 0.15) is 17.4 Å². The Labute approximate surface area is 147 Å². The third kappa shape index (κ3) is 5.45. The van der Waals surface area contributed by atoms with E-state index in [2.05, 4.69) is 34.0 Å². The van der Waals surface area contributed by atoms with Crippen molar-refractivity contribution in [2.24, 2.45) is 4.99 Å². The summed E-state index contributed by atoms with van der Waals surface area (Å²) in [6.07, 6.45) is 0.823. The molecule has 0 spiro atoms. The largest absolute Gasteiger partial charge is 0.497 e. The van der Waals surface area contributed by atoms with Crippen LogP contribution in [-0.4, -0.2) is 33.3 Å². The predicted octanol–water partition coefficient (Wildman–Crippen LogP) is 3.06. The number of nitrogens with zero attached hydrogens (tertiary/aromatic N) is 1. The van der Waals surface area contributed by atoms with Crippen molar-refractivity contribution in [1.29, 1.82) is 0 Å². The maximum Gasteiger partial charge on any atom is 0.191 e. The molecule has 0 aliphatic rings. The number of benzene rings is 1. The van der Waals surface area contributed by atoms with Crippen LogP contribution in [0.5, 0.6) is 11.5 Å². The van der Waals surface area contributed by atoms with Crippen molar-refractivity contribution in [3.8, 4) is 11.5 Å². The van der Waals surface area contributed by atoms with Gasteiger partial charge in [0.05, 0.1) is 20.8 Å². The van der Waals surface area contributed by atoms with Crippen molar-refractivity contribution >= 4 is 17.3 Å². The molecule has 0 radical (unpaired) electrons. The minimum absolute atomic E-state index is 0.690. The Bertz CT molecular complexity index is 642. The summed E-state index contributed by atoms with van der Waals surface area (Å²) in [5.74, 6) is 2.54. The summed E-state index contributed by atoms with van der Waals surface area (Å²) in [7, 11) is 3.36. The fraction of sp³-hybridized carbons (Fsp3) is 0.389. The molecule has 0 bridgehead atoms. The average molecular weight is 347 g/mol. The van der Waals surface area contributed by atoms with Crippen molar-refractivity contribution in [3.63, 3.8) is 0 Å². The van der Waals surface area contributed by atoms with E-state index in [1.165, 1.54) is 4.88 Å². The van der Waals surface area contributed by atoms with Crippen LogP contribution in [0.25, 0.3) is 0 Å². The highest BCUT2D eigenvalue weighted by atomic mass is 32.1. The Kier molecular flexibility index (Phi) is 7.42. The molecule has 24 heavy (non-hydrogen) atoms. The summed E-state index contributed by atoms with van der Waals surface area (Å²) in [6.45, 7) is 4.35. The van der Waals surface area contributed by atoms with Gasteiger partial charge in [0.1, 0.15) is 11.5 Å². The van der Waals surface area contributed by atoms with Gasteiger partial charge in [0.2, 0.25) is 0 Å². The zero-order valence-corrected chi connectivity index (χ0v) is 15.3. The molecule has 0 amide bonds. The molecule has 0 saturated heterocycles. The first kappa shape index (κ1) is 18.1. The van der Waals surface area contributed by atoms with Gasteiger partial charge in [0.25, 0.3) is 0 Å². The van der Waals surface area contributed by atoms with Gasteiger partial charge in [0, 0.05) is 18.0 Å². The highest BCUT2D eigenvalue weighted by molar-refractivity contribution is 7.09. The van der Waals surface area contributed by atoms with Crippen molar-refractivity contribution in [2.45, 2.75) is 19.9 Å². The third-order valence-corrected chi connectivity index (χ3v) is 4.35. The lowest BCUT2D eigenvalue weighted by Gasteiger charge is -2.13. The lowest BCUT2D eigenvalue weighted by atomic mass is 10.1. The lowest BCUT2D eigenvalue weighted by molar-refractivity contribution is 0.398. The maximum atomic E-state index is 5.42. The van der Waals surface area contributed by atoms with Crippen LogP contribution in [0.2, 0.25) is 0 Å². The molecule has 2 rings (SSSR count). The van der Waals surface area contributed by atoms with Crippen LogP contribution in [0, 0.1) is 0 Å². The second-order valence-corrected chi connectivity index (χ2v) is 6.16. The molecule has 5 nitrogen and oxygen atoms in total. The van der Waals surface area contributed by atoms with E-state index in [0.29, 0.717) is 6.54 Å². The normalized spacial score (nSPS) is 11.2. The molecule has 0 aliphatic heterocycles. The first-order valence-corrected chi connectivity index (χ1v) is 8.90. The Morgan fingerprint density at radius 2 is 2.04 bits per heavy atom. The predicted molar refractivity (Wildman–Crippen MR) is 100 cm³/mol. The molecular formula is C18H25N3O2S. The molecule has 0 aliphatic carbocycles. The topological polar surface area (TPSA) is 54.9 Å².